The van der Waals surface area contributed by atoms with Gasteiger partial charge in [-0.3, -0.25) is 4.79 Å². The third-order valence-electron chi connectivity index (χ3n) is 2.53. The number of hydrogen-bond donors (Lipinski definition) is 4. The number of carbonyl (C=O) groups is 2. The smallest absolute Gasteiger partial charge is 0.326 e. The predicted molar refractivity (Wildman–Crippen MR) is 64.7 cm³/mol. The molecule has 1 aromatic heterocycles. The van der Waals surface area contributed by atoms with Crippen LogP contribution in [-0.2, 0) is 16.0 Å². The lowest BCUT2D eigenvalue weighted by molar-refractivity contribution is -0.142. The number of imidazole rings is 1. The third kappa shape index (κ3) is 4.17. The lowest BCUT2D eigenvalue weighted by atomic mass is 10.1. The van der Waals surface area contributed by atoms with Gasteiger partial charge in [0.2, 0.25) is 5.91 Å². The highest BCUT2D eigenvalue weighted by Gasteiger charge is 2.23. The van der Waals surface area contributed by atoms with Crippen LogP contribution in [0.1, 0.15) is 25.5 Å². The molecule has 0 saturated carbocycles. The van der Waals surface area contributed by atoms with E-state index in [0.29, 0.717) is 12.1 Å². The van der Waals surface area contributed by atoms with Crippen LogP contribution < -0.4 is 11.1 Å². The fourth-order valence-electron chi connectivity index (χ4n) is 1.54. The van der Waals surface area contributed by atoms with Crippen molar-refractivity contribution in [2.24, 2.45) is 5.73 Å². The van der Waals surface area contributed by atoms with Crippen molar-refractivity contribution >= 4 is 11.9 Å². The molecule has 2 atom stereocenters. The van der Waals surface area contributed by atoms with Gasteiger partial charge in [-0.2, -0.15) is 0 Å². The highest BCUT2D eigenvalue weighted by Crippen LogP contribution is 2.00. The number of H-pyrrole nitrogens is 1. The SMILES string of the molecule is CCC[C@@H](N)C(=O)N[C@@H](Cc1cnc[nH]1)C(=O)O. The molecule has 0 bridgehead atoms. The zero-order valence-electron chi connectivity index (χ0n) is 10.2. The van der Waals surface area contributed by atoms with Crippen molar-refractivity contribution in [3.63, 3.8) is 0 Å². The number of carboxylic acids is 1. The summed E-state index contributed by atoms with van der Waals surface area (Å²) in [6, 6.07) is -1.67. The summed E-state index contributed by atoms with van der Waals surface area (Å²) >= 11 is 0. The topological polar surface area (TPSA) is 121 Å². The molecule has 1 rings (SSSR count). The number of rotatable bonds is 7. The number of carbonyl (C=O) groups excluding carboxylic acids is 1. The van der Waals surface area contributed by atoms with Crippen molar-refractivity contribution < 1.29 is 14.7 Å². The van der Waals surface area contributed by atoms with Gasteiger partial charge in [0, 0.05) is 18.3 Å². The molecule has 100 valence electrons. The average Bonchev–Trinajstić information content (AvgIpc) is 2.81. The molecule has 0 aliphatic heterocycles. The summed E-state index contributed by atoms with van der Waals surface area (Å²) in [6.45, 7) is 1.91. The van der Waals surface area contributed by atoms with E-state index in [9.17, 15) is 9.59 Å². The van der Waals surface area contributed by atoms with E-state index in [1.54, 1.807) is 0 Å². The second-order valence-corrected chi connectivity index (χ2v) is 4.08. The first-order valence-corrected chi connectivity index (χ1v) is 5.80. The monoisotopic (exact) mass is 254 g/mol. The number of nitrogens with two attached hydrogens (primary N) is 1. The number of nitrogens with one attached hydrogen (secondary N) is 2. The van der Waals surface area contributed by atoms with Gasteiger partial charge >= 0.3 is 5.97 Å². The maximum Gasteiger partial charge on any atom is 0.326 e. The van der Waals surface area contributed by atoms with E-state index >= 15 is 0 Å². The standard InChI is InChI=1S/C11H18N4O3/c1-2-3-8(12)10(16)15-9(11(17)18)4-7-5-13-6-14-7/h5-6,8-9H,2-4,12H2,1H3,(H,13,14)(H,15,16)(H,17,18)/t8-,9+/m1/s1. The van der Waals surface area contributed by atoms with Gasteiger partial charge in [0.1, 0.15) is 6.04 Å². The summed E-state index contributed by atoms with van der Waals surface area (Å²) in [5, 5.41) is 11.5. The van der Waals surface area contributed by atoms with Crippen molar-refractivity contribution in [3.8, 4) is 0 Å². The minimum Gasteiger partial charge on any atom is -0.480 e. The normalized spacial score (nSPS) is 13.9. The van der Waals surface area contributed by atoms with Crippen LogP contribution in [0.2, 0.25) is 0 Å². The Morgan fingerprint density at radius 1 is 1.61 bits per heavy atom. The molecule has 0 radical (unpaired) electrons. The molecule has 0 aliphatic carbocycles. The van der Waals surface area contributed by atoms with Gasteiger partial charge in [0.05, 0.1) is 12.4 Å². The highest BCUT2D eigenvalue weighted by molar-refractivity contribution is 5.86. The van der Waals surface area contributed by atoms with Crippen molar-refractivity contribution in [2.75, 3.05) is 0 Å². The zero-order chi connectivity index (χ0) is 13.5. The van der Waals surface area contributed by atoms with E-state index in [1.807, 2.05) is 6.92 Å². The van der Waals surface area contributed by atoms with Crippen LogP contribution in [0.4, 0.5) is 0 Å². The van der Waals surface area contributed by atoms with Crippen LogP contribution in [0.15, 0.2) is 12.5 Å². The van der Waals surface area contributed by atoms with Crippen LogP contribution in [0.3, 0.4) is 0 Å². The predicted octanol–water partition coefficient (Wildman–Crippen LogP) is -0.351. The molecule has 5 N–H and O–H groups in total. The van der Waals surface area contributed by atoms with Gasteiger partial charge in [0.15, 0.2) is 0 Å². The van der Waals surface area contributed by atoms with E-state index in [1.165, 1.54) is 12.5 Å². The quantitative estimate of drug-likeness (QED) is 0.530. The van der Waals surface area contributed by atoms with Gasteiger partial charge in [0.25, 0.3) is 0 Å². The van der Waals surface area contributed by atoms with Gasteiger partial charge in [-0.05, 0) is 6.42 Å². The van der Waals surface area contributed by atoms with Crippen LogP contribution >= 0.6 is 0 Å². The molecule has 0 fully saturated rings. The Hall–Kier alpha value is -1.89. The Labute approximate surface area is 105 Å². The number of aromatic amines is 1. The van der Waals surface area contributed by atoms with Crippen LogP contribution in [0, 0.1) is 0 Å². The van der Waals surface area contributed by atoms with E-state index in [4.69, 9.17) is 10.8 Å². The molecular formula is C11H18N4O3. The largest absolute Gasteiger partial charge is 0.480 e. The number of aliphatic carboxylic acids is 1. The van der Waals surface area contributed by atoms with E-state index in [-0.39, 0.29) is 6.42 Å². The third-order valence-corrected chi connectivity index (χ3v) is 2.53. The van der Waals surface area contributed by atoms with Crippen LogP contribution in [-0.4, -0.2) is 39.0 Å². The first-order valence-electron chi connectivity index (χ1n) is 5.80. The summed E-state index contributed by atoms with van der Waals surface area (Å²) in [5.74, 6) is -1.54. The number of hydrogen-bond acceptors (Lipinski definition) is 4. The molecular weight excluding hydrogens is 236 g/mol. The number of carboxylic acid groups (broad SMARTS) is 1. The van der Waals surface area contributed by atoms with Crippen molar-refractivity contribution in [2.45, 2.75) is 38.3 Å². The van der Waals surface area contributed by atoms with Crippen LogP contribution in [0.25, 0.3) is 0 Å². The molecule has 0 spiro atoms. The average molecular weight is 254 g/mol. The van der Waals surface area contributed by atoms with E-state index in [2.05, 4.69) is 15.3 Å². The molecule has 1 amide bonds. The Bertz CT molecular complexity index is 391. The second kappa shape index (κ2) is 6.75. The summed E-state index contributed by atoms with van der Waals surface area (Å²) in [6.07, 6.45) is 4.43. The maximum atomic E-state index is 11.7. The van der Waals surface area contributed by atoms with Crippen LogP contribution in [0.5, 0.6) is 0 Å². The number of nitrogens with zero attached hydrogens (tertiary/aromatic N) is 1. The van der Waals surface area contributed by atoms with Gasteiger partial charge in [-0.25, -0.2) is 9.78 Å². The molecule has 0 aromatic carbocycles. The van der Waals surface area contributed by atoms with Gasteiger partial charge in [-0.15, -0.1) is 0 Å². The van der Waals surface area contributed by atoms with Gasteiger partial charge in [-0.1, -0.05) is 13.3 Å². The molecule has 0 aliphatic rings. The Balaban J connectivity index is 2.58. The number of aromatic nitrogens is 2. The lowest BCUT2D eigenvalue weighted by Gasteiger charge is -2.16. The number of amides is 1. The van der Waals surface area contributed by atoms with Gasteiger partial charge < -0.3 is 21.1 Å². The highest BCUT2D eigenvalue weighted by atomic mass is 16.4. The summed E-state index contributed by atoms with van der Waals surface area (Å²) in [4.78, 5) is 29.3. The molecule has 0 saturated heterocycles. The summed E-state index contributed by atoms with van der Waals surface area (Å²) < 4.78 is 0. The molecule has 18 heavy (non-hydrogen) atoms. The fourth-order valence-corrected chi connectivity index (χ4v) is 1.54. The molecule has 1 heterocycles. The summed E-state index contributed by atoms with van der Waals surface area (Å²) in [5.41, 5.74) is 6.27. The maximum absolute atomic E-state index is 11.7. The molecule has 1 aromatic rings. The van der Waals surface area contributed by atoms with E-state index < -0.39 is 24.0 Å². The minimum absolute atomic E-state index is 0.153. The molecule has 0 unspecified atom stereocenters. The summed E-state index contributed by atoms with van der Waals surface area (Å²) in [7, 11) is 0. The Kier molecular flexibility index (Phi) is 5.31. The Morgan fingerprint density at radius 2 is 2.33 bits per heavy atom. The van der Waals surface area contributed by atoms with E-state index in [0.717, 1.165) is 6.42 Å². The zero-order valence-corrected chi connectivity index (χ0v) is 10.2. The van der Waals surface area contributed by atoms with Crippen molar-refractivity contribution in [1.29, 1.82) is 0 Å². The second-order valence-electron chi connectivity index (χ2n) is 4.08. The van der Waals surface area contributed by atoms with Crippen molar-refractivity contribution in [3.05, 3.63) is 18.2 Å². The fraction of sp³-hybridized carbons (Fsp3) is 0.545. The Morgan fingerprint density at radius 3 is 2.83 bits per heavy atom. The van der Waals surface area contributed by atoms with Crippen molar-refractivity contribution in [1.82, 2.24) is 15.3 Å². The first kappa shape index (κ1) is 14.2. The lowest BCUT2D eigenvalue weighted by Crippen LogP contribution is -2.49. The molecule has 7 heteroatoms. The minimum atomic E-state index is -1.10. The first-order chi connectivity index (χ1) is 8.54. The molecule has 7 nitrogen and oxygen atoms in total.